The molecule has 0 atom stereocenters. The van der Waals surface area contributed by atoms with Crippen LogP contribution in [0, 0.1) is 0 Å². The van der Waals surface area contributed by atoms with Crippen molar-refractivity contribution in [3.05, 3.63) is 79.0 Å². The van der Waals surface area contributed by atoms with E-state index in [4.69, 9.17) is 4.98 Å². The van der Waals surface area contributed by atoms with Crippen LogP contribution in [0.4, 0.5) is 0 Å². The average Bonchev–Trinajstić information content (AvgIpc) is 3.51. The van der Waals surface area contributed by atoms with E-state index in [1.807, 2.05) is 49.1 Å². The van der Waals surface area contributed by atoms with Crippen LogP contribution in [-0.4, -0.2) is 41.7 Å². The third-order valence-corrected chi connectivity index (χ3v) is 5.83. The Morgan fingerprint density at radius 1 is 0.912 bits per heavy atom. The second kappa shape index (κ2) is 8.49. The van der Waals surface area contributed by atoms with Crippen molar-refractivity contribution >= 4 is 22.1 Å². The number of pyridine rings is 3. The highest BCUT2D eigenvalue weighted by Crippen LogP contribution is 2.32. The van der Waals surface area contributed by atoms with E-state index >= 15 is 0 Å². The van der Waals surface area contributed by atoms with Gasteiger partial charge in [0.05, 0.1) is 16.4 Å². The van der Waals surface area contributed by atoms with Gasteiger partial charge in [0.15, 0.2) is 11.5 Å². The van der Waals surface area contributed by atoms with Crippen molar-refractivity contribution < 1.29 is 0 Å². The molecule has 8 heteroatoms. The van der Waals surface area contributed by atoms with Gasteiger partial charge in [-0.25, -0.2) is 9.97 Å². The third-order valence-electron chi connectivity index (χ3n) is 5.83. The zero-order valence-corrected chi connectivity index (χ0v) is 18.6. The Morgan fingerprint density at radius 2 is 1.82 bits per heavy atom. The van der Waals surface area contributed by atoms with E-state index in [9.17, 15) is 0 Å². The van der Waals surface area contributed by atoms with Crippen LogP contribution in [0.1, 0.15) is 12.5 Å². The van der Waals surface area contributed by atoms with E-state index in [1.54, 1.807) is 6.20 Å². The summed E-state index contributed by atoms with van der Waals surface area (Å²) >= 11 is 0. The molecule has 0 bridgehead atoms. The summed E-state index contributed by atoms with van der Waals surface area (Å²) in [4.78, 5) is 21.6. The Balaban J connectivity index is 1.44. The predicted octanol–water partition coefficient (Wildman–Crippen LogP) is 4.73. The first kappa shape index (κ1) is 20.2. The monoisotopic (exact) mass is 446 g/mol. The number of nitrogens with one attached hydrogen (secondary N) is 3. The molecule has 0 aliphatic rings. The topological polar surface area (TPSA) is 108 Å². The summed E-state index contributed by atoms with van der Waals surface area (Å²) in [5, 5.41) is 11.8. The number of fused-ring (bicyclic) bond motifs is 2. The molecule has 5 heterocycles. The Labute approximate surface area is 195 Å². The van der Waals surface area contributed by atoms with Crippen molar-refractivity contribution in [2.75, 3.05) is 6.54 Å². The lowest BCUT2D eigenvalue weighted by atomic mass is 10.1. The van der Waals surface area contributed by atoms with E-state index in [-0.39, 0.29) is 0 Å². The van der Waals surface area contributed by atoms with Crippen LogP contribution in [0.5, 0.6) is 0 Å². The first-order chi connectivity index (χ1) is 16.8. The van der Waals surface area contributed by atoms with Crippen molar-refractivity contribution in [3.8, 4) is 33.8 Å². The zero-order valence-electron chi connectivity index (χ0n) is 18.6. The smallest absolute Gasteiger partial charge is 0.159 e. The van der Waals surface area contributed by atoms with E-state index in [1.165, 1.54) is 0 Å². The molecule has 5 aromatic heterocycles. The Morgan fingerprint density at radius 3 is 2.71 bits per heavy atom. The van der Waals surface area contributed by atoms with Gasteiger partial charge in [-0.05, 0) is 36.4 Å². The molecule has 3 N–H and O–H groups in total. The van der Waals surface area contributed by atoms with Gasteiger partial charge in [-0.2, -0.15) is 5.10 Å². The van der Waals surface area contributed by atoms with Crippen LogP contribution in [0.3, 0.4) is 0 Å². The van der Waals surface area contributed by atoms with Crippen LogP contribution in [-0.2, 0) is 6.54 Å². The number of rotatable bonds is 6. The average molecular weight is 447 g/mol. The number of nitrogens with zero attached hydrogens (tertiary/aromatic N) is 5. The quantitative estimate of drug-likeness (QED) is 0.341. The fraction of sp³-hybridized carbons (Fsp3) is 0.115. The summed E-state index contributed by atoms with van der Waals surface area (Å²) in [5.41, 5.74) is 8.43. The lowest BCUT2D eigenvalue weighted by Crippen LogP contribution is -2.11. The van der Waals surface area contributed by atoms with E-state index < -0.39 is 0 Å². The summed E-state index contributed by atoms with van der Waals surface area (Å²) in [7, 11) is 0. The molecule has 34 heavy (non-hydrogen) atoms. The largest absolute Gasteiger partial charge is 0.337 e. The van der Waals surface area contributed by atoms with Crippen LogP contribution < -0.4 is 5.32 Å². The van der Waals surface area contributed by atoms with Gasteiger partial charge in [-0.15, -0.1) is 0 Å². The molecule has 0 saturated carbocycles. The van der Waals surface area contributed by atoms with E-state index in [2.05, 4.69) is 60.6 Å². The Hall–Kier alpha value is -4.43. The van der Waals surface area contributed by atoms with Crippen molar-refractivity contribution in [2.24, 2.45) is 0 Å². The number of aromatic amines is 2. The molecule has 0 amide bonds. The van der Waals surface area contributed by atoms with Crippen LogP contribution in [0.2, 0.25) is 0 Å². The number of aromatic nitrogens is 7. The number of benzene rings is 1. The molecular formula is C26H22N8. The van der Waals surface area contributed by atoms with Crippen LogP contribution >= 0.6 is 0 Å². The number of hydrogen-bond acceptors (Lipinski definition) is 6. The van der Waals surface area contributed by atoms with Crippen molar-refractivity contribution in [1.29, 1.82) is 0 Å². The fourth-order valence-corrected chi connectivity index (χ4v) is 4.15. The molecule has 6 rings (SSSR count). The van der Waals surface area contributed by atoms with Crippen molar-refractivity contribution in [2.45, 2.75) is 13.5 Å². The minimum absolute atomic E-state index is 0.690. The highest BCUT2D eigenvalue weighted by molar-refractivity contribution is 5.97. The standard InChI is InChI=1S/C26H22N8/c1-2-27-11-16-9-18(14-29-12-16)19-10-21-24(33-34-25(21)30-15-19)26-31-22-7-3-6-20(23(22)32-26)17-5-4-8-28-13-17/h3-10,12-15,27H,2,11H2,1H3,(H,31,32)(H,30,33,34). The highest BCUT2D eigenvalue weighted by Gasteiger charge is 2.16. The van der Waals surface area contributed by atoms with Crippen molar-refractivity contribution in [1.82, 2.24) is 40.4 Å². The molecule has 166 valence electrons. The van der Waals surface area contributed by atoms with E-state index in [0.29, 0.717) is 11.5 Å². The summed E-state index contributed by atoms with van der Waals surface area (Å²) < 4.78 is 0. The molecule has 0 fully saturated rings. The van der Waals surface area contributed by atoms with Crippen molar-refractivity contribution in [3.63, 3.8) is 0 Å². The SMILES string of the molecule is CCNCc1cncc(-c2cnc3[nH]nc(-c4nc5c(-c6cccnc6)cccc5[nH]4)c3c2)c1. The van der Waals surface area contributed by atoms with Gasteiger partial charge in [0.1, 0.15) is 5.69 Å². The number of H-pyrrole nitrogens is 2. The molecule has 0 radical (unpaired) electrons. The number of para-hydroxylation sites is 1. The van der Waals surface area contributed by atoms with Gasteiger partial charge in [-0.1, -0.05) is 25.1 Å². The molecule has 0 unspecified atom stereocenters. The van der Waals surface area contributed by atoms with Gasteiger partial charge < -0.3 is 10.3 Å². The lowest BCUT2D eigenvalue weighted by Gasteiger charge is -2.05. The Bertz CT molecular complexity index is 1600. The molecule has 0 aliphatic heterocycles. The molecule has 8 nitrogen and oxygen atoms in total. The van der Waals surface area contributed by atoms with Gasteiger partial charge in [-0.3, -0.25) is 15.1 Å². The second-order valence-electron chi connectivity index (χ2n) is 8.08. The van der Waals surface area contributed by atoms with Gasteiger partial charge >= 0.3 is 0 Å². The molecule has 6 aromatic rings. The second-order valence-corrected chi connectivity index (χ2v) is 8.08. The van der Waals surface area contributed by atoms with Gasteiger partial charge in [0.25, 0.3) is 0 Å². The summed E-state index contributed by atoms with van der Waals surface area (Å²) in [5.74, 6) is 0.690. The van der Waals surface area contributed by atoms with E-state index in [0.717, 1.165) is 63.0 Å². The molecular weight excluding hydrogens is 424 g/mol. The Kier molecular flexibility index (Phi) is 5.04. The van der Waals surface area contributed by atoms with Gasteiger partial charge in [0.2, 0.25) is 0 Å². The molecule has 0 spiro atoms. The van der Waals surface area contributed by atoms with Crippen LogP contribution in [0.15, 0.2) is 73.4 Å². The third kappa shape index (κ3) is 3.60. The minimum Gasteiger partial charge on any atom is -0.337 e. The molecule has 0 saturated heterocycles. The normalized spacial score (nSPS) is 11.4. The maximum atomic E-state index is 4.92. The zero-order chi connectivity index (χ0) is 22.9. The highest BCUT2D eigenvalue weighted by atomic mass is 15.2. The lowest BCUT2D eigenvalue weighted by molar-refractivity contribution is 0.724. The fourth-order valence-electron chi connectivity index (χ4n) is 4.15. The number of imidazole rings is 1. The summed E-state index contributed by atoms with van der Waals surface area (Å²) in [6.07, 6.45) is 9.21. The minimum atomic E-state index is 0.690. The summed E-state index contributed by atoms with van der Waals surface area (Å²) in [6.45, 7) is 3.78. The molecule has 0 aliphatic carbocycles. The summed E-state index contributed by atoms with van der Waals surface area (Å²) in [6, 6.07) is 14.3. The number of hydrogen-bond donors (Lipinski definition) is 3. The first-order valence-electron chi connectivity index (χ1n) is 11.2. The predicted molar refractivity (Wildman–Crippen MR) is 133 cm³/mol. The molecule has 1 aromatic carbocycles. The maximum absolute atomic E-state index is 4.92. The first-order valence-corrected chi connectivity index (χ1v) is 11.2. The van der Waals surface area contributed by atoms with Gasteiger partial charge in [0, 0.05) is 59.8 Å². The van der Waals surface area contributed by atoms with Crippen LogP contribution in [0.25, 0.3) is 55.8 Å². The maximum Gasteiger partial charge on any atom is 0.159 e.